The van der Waals surface area contributed by atoms with Crippen molar-refractivity contribution in [3.8, 4) is 11.4 Å². The van der Waals surface area contributed by atoms with Gasteiger partial charge in [-0.2, -0.15) is 0 Å². The van der Waals surface area contributed by atoms with Crippen LogP contribution in [-0.2, 0) is 6.42 Å². The molecule has 2 aromatic heterocycles. The van der Waals surface area contributed by atoms with Crippen LogP contribution in [-0.4, -0.2) is 27.4 Å². The highest BCUT2D eigenvalue weighted by atomic mass is 19.1. The Labute approximate surface area is 155 Å². The minimum absolute atomic E-state index is 0.222. The van der Waals surface area contributed by atoms with Gasteiger partial charge in [-0.15, -0.1) is 0 Å². The van der Waals surface area contributed by atoms with E-state index in [1.54, 1.807) is 6.07 Å². The third-order valence-electron chi connectivity index (χ3n) is 4.36. The Morgan fingerprint density at radius 3 is 2.63 bits per heavy atom. The summed E-state index contributed by atoms with van der Waals surface area (Å²) >= 11 is 0. The summed E-state index contributed by atoms with van der Waals surface area (Å²) in [7, 11) is 0. The molecule has 27 heavy (non-hydrogen) atoms. The number of rotatable bonds is 5. The third kappa shape index (κ3) is 3.69. The summed E-state index contributed by atoms with van der Waals surface area (Å²) in [6, 6.07) is 14.2. The topological polar surface area (TPSA) is 70.7 Å². The molecule has 0 radical (unpaired) electrons. The van der Waals surface area contributed by atoms with E-state index < -0.39 is 0 Å². The van der Waals surface area contributed by atoms with Crippen molar-refractivity contribution >= 4 is 16.8 Å². The molecule has 4 aromatic rings. The molecule has 0 saturated carbocycles. The van der Waals surface area contributed by atoms with Crippen LogP contribution in [0.2, 0.25) is 0 Å². The molecule has 2 N–H and O–H groups in total. The second-order valence-corrected chi connectivity index (χ2v) is 6.17. The van der Waals surface area contributed by atoms with Gasteiger partial charge < -0.3 is 10.3 Å². The van der Waals surface area contributed by atoms with E-state index >= 15 is 0 Å². The number of nitrogens with zero attached hydrogens (tertiary/aromatic N) is 2. The van der Waals surface area contributed by atoms with E-state index in [0.717, 1.165) is 22.0 Å². The number of benzene rings is 2. The third-order valence-corrected chi connectivity index (χ3v) is 4.36. The van der Waals surface area contributed by atoms with Crippen molar-refractivity contribution in [3.63, 3.8) is 0 Å². The summed E-state index contributed by atoms with van der Waals surface area (Å²) in [5.74, 6) is 0.0850. The minimum Gasteiger partial charge on any atom is -0.361 e. The number of halogens is 1. The number of carbonyl (C=O) groups is 1. The van der Waals surface area contributed by atoms with Crippen LogP contribution in [0.3, 0.4) is 0 Å². The van der Waals surface area contributed by atoms with Crippen LogP contribution in [0.4, 0.5) is 4.39 Å². The molecule has 2 heterocycles. The number of aromatic nitrogens is 3. The molecule has 0 unspecified atom stereocenters. The highest BCUT2D eigenvalue weighted by Crippen LogP contribution is 2.19. The van der Waals surface area contributed by atoms with E-state index in [4.69, 9.17) is 0 Å². The molecule has 4 rings (SSSR count). The smallest absolute Gasteiger partial charge is 0.254 e. The van der Waals surface area contributed by atoms with Gasteiger partial charge in [0.25, 0.3) is 5.91 Å². The fraction of sp³-hybridized carbons (Fsp3) is 0.0952. The Balaban J connectivity index is 1.37. The van der Waals surface area contributed by atoms with Gasteiger partial charge in [0.05, 0.1) is 5.56 Å². The van der Waals surface area contributed by atoms with E-state index in [-0.39, 0.29) is 11.7 Å². The number of aromatic amines is 1. The lowest BCUT2D eigenvalue weighted by atomic mass is 10.1. The Hall–Kier alpha value is -3.54. The predicted octanol–water partition coefficient (Wildman–Crippen LogP) is 3.74. The first-order chi connectivity index (χ1) is 13.2. The largest absolute Gasteiger partial charge is 0.361 e. The van der Waals surface area contributed by atoms with Crippen LogP contribution in [0.1, 0.15) is 15.9 Å². The molecule has 6 heteroatoms. The van der Waals surface area contributed by atoms with E-state index in [1.807, 2.05) is 36.5 Å². The van der Waals surface area contributed by atoms with Crippen LogP contribution in [0.25, 0.3) is 22.3 Å². The van der Waals surface area contributed by atoms with Gasteiger partial charge in [0, 0.05) is 41.6 Å². The lowest BCUT2D eigenvalue weighted by molar-refractivity contribution is 0.0953. The minimum atomic E-state index is -0.275. The molecule has 0 aliphatic carbocycles. The van der Waals surface area contributed by atoms with Crippen LogP contribution in [0, 0.1) is 5.82 Å². The average Bonchev–Trinajstić information content (AvgIpc) is 3.10. The normalized spacial score (nSPS) is 10.9. The number of amides is 1. The van der Waals surface area contributed by atoms with E-state index in [0.29, 0.717) is 24.4 Å². The Kier molecular flexibility index (Phi) is 4.61. The number of hydrogen-bond acceptors (Lipinski definition) is 3. The number of carbonyl (C=O) groups excluding carboxylic acids is 1. The van der Waals surface area contributed by atoms with Gasteiger partial charge in [-0.25, -0.2) is 14.4 Å². The molecule has 0 spiro atoms. The summed E-state index contributed by atoms with van der Waals surface area (Å²) < 4.78 is 13.2. The van der Waals surface area contributed by atoms with Gasteiger partial charge in [0.15, 0.2) is 5.82 Å². The first-order valence-electron chi connectivity index (χ1n) is 8.62. The van der Waals surface area contributed by atoms with Crippen molar-refractivity contribution in [2.75, 3.05) is 6.54 Å². The van der Waals surface area contributed by atoms with Crippen molar-refractivity contribution in [1.29, 1.82) is 0 Å². The van der Waals surface area contributed by atoms with Crippen LogP contribution < -0.4 is 5.32 Å². The van der Waals surface area contributed by atoms with E-state index in [9.17, 15) is 9.18 Å². The monoisotopic (exact) mass is 360 g/mol. The van der Waals surface area contributed by atoms with E-state index in [2.05, 4.69) is 20.3 Å². The summed E-state index contributed by atoms with van der Waals surface area (Å²) in [6.45, 7) is 0.462. The van der Waals surface area contributed by atoms with Crippen molar-refractivity contribution in [2.24, 2.45) is 0 Å². The van der Waals surface area contributed by atoms with Crippen molar-refractivity contribution in [1.82, 2.24) is 20.3 Å². The van der Waals surface area contributed by atoms with Crippen LogP contribution >= 0.6 is 0 Å². The molecular formula is C21H17FN4O. The summed E-state index contributed by atoms with van der Waals surface area (Å²) in [6.07, 6.45) is 5.53. The standard InChI is InChI=1S/C21H17FN4O/c22-17-6-7-18-15(11-24-19(18)10-17)8-9-23-21(27)16-12-25-20(26-13-16)14-4-2-1-3-5-14/h1-7,10-13,24H,8-9H2,(H,23,27). The van der Waals surface area contributed by atoms with Crippen LogP contribution in [0.15, 0.2) is 67.1 Å². The molecular weight excluding hydrogens is 343 g/mol. The molecule has 0 aliphatic heterocycles. The Morgan fingerprint density at radius 1 is 1.07 bits per heavy atom. The average molecular weight is 360 g/mol. The maximum atomic E-state index is 13.2. The molecule has 0 bridgehead atoms. The highest BCUT2D eigenvalue weighted by Gasteiger charge is 2.09. The molecule has 0 atom stereocenters. The first-order valence-corrected chi connectivity index (χ1v) is 8.62. The summed E-state index contributed by atoms with van der Waals surface area (Å²) in [5.41, 5.74) is 3.10. The molecule has 5 nitrogen and oxygen atoms in total. The highest BCUT2D eigenvalue weighted by molar-refractivity contribution is 5.93. The van der Waals surface area contributed by atoms with Gasteiger partial charge >= 0.3 is 0 Å². The van der Waals surface area contributed by atoms with Crippen molar-refractivity contribution < 1.29 is 9.18 Å². The van der Waals surface area contributed by atoms with Gasteiger partial charge in [0.2, 0.25) is 0 Å². The Bertz CT molecular complexity index is 1070. The lowest BCUT2D eigenvalue weighted by Gasteiger charge is -2.05. The fourth-order valence-electron chi connectivity index (χ4n) is 2.96. The van der Waals surface area contributed by atoms with Crippen molar-refractivity contribution in [3.05, 3.63) is 84.1 Å². The summed E-state index contributed by atoms with van der Waals surface area (Å²) in [4.78, 5) is 23.9. The van der Waals surface area contributed by atoms with E-state index in [1.165, 1.54) is 24.5 Å². The zero-order valence-electron chi connectivity index (χ0n) is 14.4. The summed E-state index contributed by atoms with van der Waals surface area (Å²) in [5, 5.41) is 3.83. The number of nitrogens with one attached hydrogen (secondary N) is 2. The number of H-pyrrole nitrogens is 1. The molecule has 134 valence electrons. The predicted molar refractivity (Wildman–Crippen MR) is 102 cm³/mol. The maximum Gasteiger partial charge on any atom is 0.254 e. The second kappa shape index (κ2) is 7.37. The van der Waals surface area contributed by atoms with Gasteiger partial charge in [0.1, 0.15) is 5.82 Å². The zero-order chi connectivity index (χ0) is 18.6. The number of fused-ring (bicyclic) bond motifs is 1. The van der Waals surface area contributed by atoms with Gasteiger partial charge in [-0.05, 0) is 30.2 Å². The van der Waals surface area contributed by atoms with Crippen LogP contribution in [0.5, 0.6) is 0 Å². The number of hydrogen-bond donors (Lipinski definition) is 2. The fourth-order valence-corrected chi connectivity index (χ4v) is 2.96. The molecule has 1 amide bonds. The molecule has 0 aliphatic rings. The zero-order valence-corrected chi connectivity index (χ0v) is 14.4. The molecule has 0 fully saturated rings. The van der Waals surface area contributed by atoms with Gasteiger partial charge in [-0.1, -0.05) is 30.3 Å². The quantitative estimate of drug-likeness (QED) is 0.570. The lowest BCUT2D eigenvalue weighted by Crippen LogP contribution is -2.26. The molecule has 0 saturated heterocycles. The van der Waals surface area contributed by atoms with Gasteiger partial charge in [-0.3, -0.25) is 4.79 Å². The Morgan fingerprint density at radius 2 is 1.85 bits per heavy atom. The molecule has 2 aromatic carbocycles. The SMILES string of the molecule is O=C(NCCc1c[nH]c2cc(F)ccc12)c1cnc(-c2ccccc2)nc1. The van der Waals surface area contributed by atoms with Crippen molar-refractivity contribution in [2.45, 2.75) is 6.42 Å². The first kappa shape index (κ1) is 16.9. The second-order valence-electron chi connectivity index (χ2n) is 6.17. The maximum absolute atomic E-state index is 13.2.